The topological polar surface area (TPSA) is 103 Å². The van der Waals surface area contributed by atoms with Gasteiger partial charge in [0, 0.05) is 34.1 Å². The summed E-state index contributed by atoms with van der Waals surface area (Å²) in [4.78, 5) is 23.4. The van der Waals surface area contributed by atoms with E-state index < -0.39 is 10.8 Å². The first-order valence-electron chi connectivity index (χ1n) is 8.85. The first-order valence-corrected chi connectivity index (χ1v) is 9.23. The number of benzene rings is 3. The second-order valence-electron chi connectivity index (χ2n) is 6.28. The molecule has 0 saturated heterocycles. The van der Waals surface area contributed by atoms with E-state index in [1.54, 1.807) is 41.0 Å². The lowest BCUT2D eigenvalue weighted by atomic mass is 10.2. The van der Waals surface area contributed by atoms with Crippen LogP contribution in [0.5, 0.6) is 0 Å². The fourth-order valence-electron chi connectivity index (χ4n) is 2.89. The Balaban J connectivity index is 1.76. The number of anilines is 1. The average molecular weight is 420 g/mol. The van der Waals surface area contributed by atoms with Crippen molar-refractivity contribution in [3.63, 3.8) is 0 Å². The van der Waals surface area contributed by atoms with Crippen LogP contribution in [0.1, 0.15) is 10.6 Å². The molecule has 0 atom stereocenters. The first-order chi connectivity index (χ1) is 14.5. The van der Waals surface area contributed by atoms with E-state index in [0.29, 0.717) is 27.8 Å². The number of carbonyl (C=O) groups excluding carboxylic acids is 1. The van der Waals surface area contributed by atoms with Gasteiger partial charge in [-0.1, -0.05) is 29.8 Å². The zero-order valence-electron chi connectivity index (χ0n) is 15.4. The SMILES string of the molecule is O=C(Nc1ccc(Cl)cc1)c1nnc(-c2ccc([N+](=O)[O-])cc2)n1-c1ccccc1. The van der Waals surface area contributed by atoms with Gasteiger partial charge in [0.05, 0.1) is 4.92 Å². The third-order valence-electron chi connectivity index (χ3n) is 4.32. The predicted octanol–water partition coefficient (Wildman–Crippen LogP) is 4.75. The molecule has 0 radical (unpaired) electrons. The Morgan fingerprint density at radius 1 is 0.933 bits per heavy atom. The molecule has 1 heterocycles. The van der Waals surface area contributed by atoms with Crippen molar-refractivity contribution in [1.29, 1.82) is 0 Å². The third kappa shape index (κ3) is 3.89. The number of carbonyl (C=O) groups is 1. The Morgan fingerprint density at radius 3 is 2.23 bits per heavy atom. The Hall–Kier alpha value is -4.04. The third-order valence-corrected chi connectivity index (χ3v) is 4.57. The number of nitro benzene ring substituents is 1. The summed E-state index contributed by atoms with van der Waals surface area (Å²) in [5, 5.41) is 22.5. The highest BCUT2D eigenvalue weighted by Crippen LogP contribution is 2.25. The second-order valence-corrected chi connectivity index (χ2v) is 6.72. The number of hydrogen-bond donors (Lipinski definition) is 1. The number of amides is 1. The summed E-state index contributed by atoms with van der Waals surface area (Å²) >= 11 is 5.89. The van der Waals surface area contributed by atoms with Crippen molar-refractivity contribution in [2.24, 2.45) is 0 Å². The van der Waals surface area contributed by atoms with Crippen molar-refractivity contribution < 1.29 is 9.72 Å². The van der Waals surface area contributed by atoms with Crippen LogP contribution in [0, 0.1) is 10.1 Å². The van der Waals surface area contributed by atoms with Gasteiger partial charge in [-0.15, -0.1) is 10.2 Å². The summed E-state index contributed by atoms with van der Waals surface area (Å²) in [5.41, 5.74) is 1.79. The van der Waals surface area contributed by atoms with E-state index in [4.69, 9.17) is 11.6 Å². The van der Waals surface area contributed by atoms with E-state index in [1.165, 1.54) is 12.1 Å². The summed E-state index contributed by atoms with van der Waals surface area (Å²) < 4.78 is 1.60. The van der Waals surface area contributed by atoms with Gasteiger partial charge in [-0.05, 0) is 48.5 Å². The number of rotatable bonds is 5. The number of non-ortho nitro benzene ring substituents is 1. The highest BCUT2D eigenvalue weighted by atomic mass is 35.5. The van der Waals surface area contributed by atoms with Crippen LogP contribution in [0.25, 0.3) is 17.1 Å². The normalized spacial score (nSPS) is 10.6. The number of nitrogens with zero attached hydrogens (tertiary/aromatic N) is 4. The Bertz CT molecular complexity index is 1210. The first kappa shape index (κ1) is 19.3. The molecule has 1 aromatic heterocycles. The predicted molar refractivity (Wildman–Crippen MR) is 113 cm³/mol. The van der Waals surface area contributed by atoms with Crippen molar-refractivity contribution in [1.82, 2.24) is 14.8 Å². The van der Waals surface area contributed by atoms with E-state index in [-0.39, 0.29) is 11.5 Å². The fourth-order valence-corrected chi connectivity index (χ4v) is 3.02. The molecule has 9 heteroatoms. The maximum atomic E-state index is 12.9. The van der Waals surface area contributed by atoms with Crippen LogP contribution in [0.3, 0.4) is 0 Å². The second kappa shape index (κ2) is 8.14. The molecule has 3 aromatic carbocycles. The van der Waals surface area contributed by atoms with Crippen molar-refractivity contribution in [3.05, 3.63) is 99.8 Å². The van der Waals surface area contributed by atoms with Gasteiger partial charge in [0.1, 0.15) is 0 Å². The molecule has 4 rings (SSSR count). The van der Waals surface area contributed by atoms with Gasteiger partial charge in [-0.25, -0.2) is 0 Å². The number of para-hydroxylation sites is 1. The minimum atomic E-state index is -0.476. The summed E-state index contributed by atoms with van der Waals surface area (Å²) in [6, 6.07) is 21.8. The van der Waals surface area contributed by atoms with E-state index in [2.05, 4.69) is 15.5 Å². The summed E-state index contributed by atoms with van der Waals surface area (Å²) in [5.74, 6) is 0.00342. The van der Waals surface area contributed by atoms with Crippen molar-refractivity contribution in [2.75, 3.05) is 5.32 Å². The summed E-state index contributed by atoms with van der Waals surface area (Å²) in [7, 11) is 0. The molecule has 30 heavy (non-hydrogen) atoms. The Labute approximate surface area is 175 Å². The van der Waals surface area contributed by atoms with E-state index in [1.807, 2.05) is 30.3 Å². The molecule has 0 aliphatic rings. The highest BCUT2D eigenvalue weighted by Gasteiger charge is 2.22. The van der Waals surface area contributed by atoms with Crippen LogP contribution in [0.15, 0.2) is 78.9 Å². The molecule has 148 valence electrons. The number of nitro groups is 1. The van der Waals surface area contributed by atoms with Crippen LogP contribution in [-0.2, 0) is 0 Å². The van der Waals surface area contributed by atoms with Crippen molar-refractivity contribution in [2.45, 2.75) is 0 Å². The fraction of sp³-hybridized carbons (Fsp3) is 0. The number of nitrogens with one attached hydrogen (secondary N) is 1. The maximum absolute atomic E-state index is 12.9. The molecule has 0 aliphatic heterocycles. The van der Waals surface area contributed by atoms with Gasteiger partial charge in [-0.2, -0.15) is 0 Å². The van der Waals surface area contributed by atoms with Gasteiger partial charge >= 0.3 is 0 Å². The van der Waals surface area contributed by atoms with E-state index in [9.17, 15) is 14.9 Å². The summed E-state index contributed by atoms with van der Waals surface area (Å²) in [6.45, 7) is 0. The molecule has 0 bridgehead atoms. The lowest BCUT2D eigenvalue weighted by Crippen LogP contribution is -2.18. The average Bonchev–Trinajstić information content (AvgIpc) is 3.21. The number of aromatic nitrogens is 3. The van der Waals surface area contributed by atoms with Gasteiger partial charge in [0.2, 0.25) is 5.82 Å². The van der Waals surface area contributed by atoms with Gasteiger partial charge in [0.15, 0.2) is 5.82 Å². The molecule has 0 spiro atoms. The standard InChI is InChI=1S/C21H14ClN5O3/c22-15-8-10-16(11-9-15)23-21(28)20-25-24-19(26(20)17-4-2-1-3-5-17)14-6-12-18(13-7-14)27(29)30/h1-13H,(H,23,28). The molecule has 0 fully saturated rings. The highest BCUT2D eigenvalue weighted by molar-refractivity contribution is 6.30. The zero-order chi connectivity index (χ0) is 21.1. The quantitative estimate of drug-likeness (QED) is 0.371. The number of halogens is 1. The van der Waals surface area contributed by atoms with Crippen LogP contribution in [-0.4, -0.2) is 25.6 Å². The monoisotopic (exact) mass is 419 g/mol. The van der Waals surface area contributed by atoms with Crippen LogP contribution in [0.4, 0.5) is 11.4 Å². The Kier molecular flexibility index (Phi) is 5.23. The molecule has 0 aliphatic carbocycles. The molecule has 1 amide bonds. The molecule has 8 nitrogen and oxygen atoms in total. The lowest BCUT2D eigenvalue weighted by Gasteiger charge is -2.11. The van der Waals surface area contributed by atoms with Crippen molar-refractivity contribution in [3.8, 4) is 17.1 Å². The molecule has 0 unspecified atom stereocenters. The van der Waals surface area contributed by atoms with Crippen LogP contribution >= 0.6 is 11.6 Å². The van der Waals surface area contributed by atoms with E-state index >= 15 is 0 Å². The van der Waals surface area contributed by atoms with Gasteiger partial charge in [-0.3, -0.25) is 19.5 Å². The smallest absolute Gasteiger partial charge is 0.293 e. The Morgan fingerprint density at radius 2 is 1.60 bits per heavy atom. The number of hydrogen-bond acceptors (Lipinski definition) is 5. The summed E-state index contributed by atoms with van der Waals surface area (Å²) in [6.07, 6.45) is 0. The van der Waals surface area contributed by atoms with Gasteiger partial charge in [0.25, 0.3) is 11.6 Å². The lowest BCUT2D eigenvalue weighted by molar-refractivity contribution is -0.384. The van der Waals surface area contributed by atoms with Crippen molar-refractivity contribution >= 4 is 28.9 Å². The largest absolute Gasteiger partial charge is 0.319 e. The van der Waals surface area contributed by atoms with Crippen LogP contribution < -0.4 is 5.32 Å². The molecule has 0 saturated carbocycles. The minimum Gasteiger partial charge on any atom is -0.319 e. The van der Waals surface area contributed by atoms with Gasteiger partial charge < -0.3 is 5.32 Å². The van der Waals surface area contributed by atoms with Crippen LogP contribution in [0.2, 0.25) is 5.02 Å². The molecule has 1 N–H and O–H groups in total. The minimum absolute atomic E-state index is 0.0368. The molecule has 4 aromatic rings. The van der Waals surface area contributed by atoms with E-state index in [0.717, 1.165) is 0 Å². The molecular formula is C21H14ClN5O3. The molecular weight excluding hydrogens is 406 g/mol. The maximum Gasteiger partial charge on any atom is 0.293 e. The zero-order valence-corrected chi connectivity index (χ0v) is 16.2.